The fourth-order valence-electron chi connectivity index (χ4n) is 2.29. The molecule has 0 aliphatic rings. The molecule has 2 aromatic rings. The summed E-state index contributed by atoms with van der Waals surface area (Å²) in [6.07, 6.45) is 1.48. The number of carboxylic acids is 1. The number of nitrogens with one attached hydrogen (secondary N) is 1. The van der Waals surface area contributed by atoms with Crippen molar-refractivity contribution in [1.82, 2.24) is 5.32 Å². The first-order valence-corrected chi connectivity index (χ1v) is 7.91. The number of rotatable bonds is 9. The van der Waals surface area contributed by atoms with Crippen LogP contribution in [0.5, 0.6) is 5.75 Å². The molecule has 0 spiro atoms. The number of hydrogen-bond donors (Lipinski definition) is 2. The molecule has 0 fully saturated rings. The van der Waals surface area contributed by atoms with E-state index in [9.17, 15) is 4.79 Å². The van der Waals surface area contributed by atoms with Crippen LogP contribution >= 0.6 is 0 Å². The molecule has 0 saturated carbocycles. The first kappa shape index (κ1) is 17.0. The molecule has 4 heteroatoms. The van der Waals surface area contributed by atoms with E-state index in [0.29, 0.717) is 19.6 Å². The maximum Gasteiger partial charge on any atom is 0.320 e. The predicted molar refractivity (Wildman–Crippen MR) is 90.4 cm³/mol. The monoisotopic (exact) mass is 313 g/mol. The predicted octanol–water partition coefficient (Wildman–Crippen LogP) is 3.61. The van der Waals surface area contributed by atoms with Gasteiger partial charge in [0.05, 0.1) is 0 Å². The highest BCUT2D eigenvalue weighted by Gasteiger charge is 2.14. The van der Waals surface area contributed by atoms with Crippen molar-refractivity contribution in [3.63, 3.8) is 0 Å². The number of carboxylic acid groups (broad SMARTS) is 1. The zero-order valence-electron chi connectivity index (χ0n) is 13.4. The Bertz CT molecular complexity index is 596. The van der Waals surface area contributed by atoms with Gasteiger partial charge in [0.2, 0.25) is 0 Å². The minimum absolute atomic E-state index is 0.492. The molecule has 0 heterocycles. The molecular weight excluding hydrogens is 290 g/mol. The van der Waals surface area contributed by atoms with E-state index in [1.165, 1.54) is 0 Å². The quantitative estimate of drug-likeness (QED) is 0.742. The van der Waals surface area contributed by atoms with Gasteiger partial charge in [0.15, 0.2) is 0 Å². The van der Waals surface area contributed by atoms with Gasteiger partial charge < -0.3 is 15.2 Å². The van der Waals surface area contributed by atoms with Gasteiger partial charge in [0.25, 0.3) is 0 Å². The maximum absolute atomic E-state index is 11.1. The smallest absolute Gasteiger partial charge is 0.320 e. The Kier molecular flexibility index (Phi) is 6.63. The summed E-state index contributed by atoms with van der Waals surface area (Å²) in [5.74, 6) is 0.00982. The van der Waals surface area contributed by atoms with Crippen molar-refractivity contribution in [1.29, 1.82) is 0 Å². The number of ether oxygens (including phenoxy) is 1. The van der Waals surface area contributed by atoms with E-state index in [1.54, 1.807) is 0 Å². The van der Waals surface area contributed by atoms with Crippen LogP contribution in [-0.2, 0) is 17.9 Å². The van der Waals surface area contributed by atoms with Gasteiger partial charge in [-0.25, -0.2) is 0 Å². The second-order valence-electron chi connectivity index (χ2n) is 5.48. The summed E-state index contributed by atoms with van der Waals surface area (Å²) < 4.78 is 5.73. The third-order valence-electron chi connectivity index (χ3n) is 3.60. The molecule has 0 aromatic heterocycles. The van der Waals surface area contributed by atoms with Crippen molar-refractivity contribution in [2.45, 2.75) is 39.0 Å². The van der Waals surface area contributed by atoms with Crippen molar-refractivity contribution < 1.29 is 14.6 Å². The third-order valence-corrected chi connectivity index (χ3v) is 3.60. The minimum atomic E-state index is -0.797. The Balaban J connectivity index is 1.83. The summed E-state index contributed by atoms with van der Waals surface area (Å²) >= 11 is 0. The molecular formula is C19H23NO3. The fraction of sp³-hybridized carbons (Fsp3) is 0.316. The molecule has 0 bridgehead atoms. The summed E-state index contributed by atoms with van der Waals surface area (Å²) in [5, 5.41) is 12.2. The third kappa shape index (κ3) is 5.75. The lowest BCUT2D eigenvalue weighted by molar-refractivity contribution is -0.139. The van der Waals surface area contributed by atoms with E-state index in [1.807, 2.05) is 61.5 Å². The largest absolute Gasteiger partial charge is 0.489 e. The molecule has 0 aliphatic heterocycles. The zero-order valence-corrected chi connectivity index (χ0v) is 13.4. The fourth-order valence-corrected chi connectivity index (χ4v) is 2.29. The highest BCUT2D eigenvalue weighted by Crippen LogP contribution is 2.14. The van der Waals surface area contributed by atoms with Crippen molar-refractivity contribution in [2.75, 3.05) is 0 Å². The van der Waals surface area contributed by atoms with Crippen molar-refractivity contribution in [2.24, 2.45) is 0 Å². The number of hydrogen-bond acceptors (Lipinski definition) is 3. The molecule has 2 aromatic carbocycles. The van der Waals surface area contributed by atoms with E-state index in [-0.39, 0.29) is 0 Å². The summed E-state index contributed by atoms with van der Waals surface area (Å²) in [6, 6.07) is 17.3. The first-order valence-electron chi connectivity index (χ1n) is 7.91. The Labute approximate surface area is 137 Å². The minimum Gasteiger partial charge on any atom is -0.489 e. The highest BCUT2D eigenvalue weighted by molar-refractivity contribution is 5.73. The van der Waals surface area contributed by atoms with Crippen LogP contribution in [0.15, 0.2) is 54.6 Å². The molecule has 0 saturated heterocycles. The SMILES string of the molecule is CCCC(NCc1ccc(OCc2ccccc2)cc1)C(=O)O. The second-order valence-corrected chi connectivity index (χ2v) is 5.48. The highest BCUT2D eigenvalue weighted by atomic mass is 16.5. The van der Waals surface area contributed by atoms with Crippen LogP contribution in [0.1, 0.15) is 30.9 Å². The number of aliphatic carboxylic acids is 1. The van der Waals surface area contributed by atoms with E-state index in [2.05, 4.69) is 5.32 Å². The second kappa shape index (κ2) is 8.96. The molecule has 0 amide bonds. The molecule has 4 nitrogen and oxygen atoms in total. The van der Waals surface area contributed by atoms with Gasteiger partial charge in [0, 0.05) is 6.54 Å². The summed E-state index contributed by atoms with van der Waals surface area (Å²) in [7, 11) is 0. The van der Waals surface area contributed by atoms with Crippen molar-refractivity contribution >= 4 is 5.97 Å². The molecule has 0 aliphatic carbocycles. The average molecular weight is 313 g/mol. The van der Waals surface area contributed by atoms with Crippen LogP contribution in [0.3, 0.4) is 0 Å². The van der Waals surface area contributed by atoms with Gasteiger partial charge >= 0.3 is 5.97 Å². The normalized spacial score (nSPS) is 11.9. The molecule has 23 heavy (non-hydrogen) atoms. The van der Waals surface area contributed by atoms with Gasteiger partial charge in [-0.15, -0.1) is 0 Å². The summed E-state index contributed by atoms with van der Waals surface area (Å²) in [5.41, 5.74) is 2.17. The molecule has 0 radical (unpaired) electrons. The van der Waals surface area contributed by atoms with E-state index >= 15 is 0 Å². The van der Waals surface area contributed by atoms with Gasteiger partial charge in [-0.2, -0.15) is 0 Å². The van der Waals surface area contributed by atoms with Crippen LogP contribution in [-0.4, -0.2) is 17.1 Å². The lowest BCUT2D eigenvalue weighted by atomic mass is 10.1. The lowest BCUT2D eigenvalue weighted by Gasteiger charge is -2.13. The van der Waals surface area contributed by atoms with Crippen LogP contribution in [0.25, 0.3) is 0 Å². The zero-order chi connectivity index (χ0) is 16.5. The number of carbonyl (C=O) groups is 1. The van der Waals surface area contributed by atoms with E-state index < -0.39 is 12.0 Å². The van der Waals surface area contributed by atoms with Crippen LogP contribution in [0.2, 0.25) is 0 Å². The van der Waals surface area contributed by atoms with Crippen LogP contribution in [0.4, 0.5) is 0 Å². The Morgan fingerprint density at radius 1 is 1.09 bits per heavy atom. The van der Waals surface area contributed by atoms with Crippen LogP contribution < -0.4 is 10.1 Å². The van der Waals surface area contributed by atoms with Crippen molar-refractivity contribution in [3.05, 3.63) is 65.7 Å². The standard InChI is InChI=1S/C19H23NO3/c1-2-6-18(19(21)22)20-13-15-9-11-17(12-10-15)23-14-16-7-4-3-5-8-16/h3-5,7-12,18,20H,2,6,13-14H2,1H3,(H,21,22). The van der Waals surface area contributed by atoms with Gasteiger partial charge in [-0.3, -0.25) is 4.79 Å². The van der Waals surface area contributed by atoms with E-state index in [0.717, 1.165) is 23.3 Å². The summed E-state index contributed by atoms with van der Waals surface area (Å²) in [6.45, 7) is 3.06. The molecule has 122 valence electrons. The Morgan fingerprint density at radius 2 is 1.78 bits per heavy atom. The van der Waals surface area contributed by atoms with E-state index in [4.69, 9.17) is 9.84 Å². The molecule has 1 atom stereocenters. The lowest BCUT2D eigenvalue weighted by Crippen LogP contribution is -2.35. The molecule has 2 N–H and O–H groups in total. The first-order chi connectivity index (χ1) is 11.2. The number of benzene rings is 2. The maximum atomic E-state index is 11.1. The van der Waals surface area contributed by atoms with Gasteiger partial charge in [-0.05, 0) is 29.7 Å². The van der Waals surface area contributed by atoms with Crippen molar-refractivity contribution in [3.8, 4) is 5.75 Å². The Morgan fingerprint density at radius 3 is 2.39 bits per heavy atom. The van der Waals surface area contributed by atoms with Crippen LogP contribution in [0, 0.1) is 0 Å². The van der Waals surface area contributed by atoms with Gasteiger partial charge in [0.1, 0.15) is 18.4 Å². The average Bonchev–Trinajstić information content (AvgIpc) is 2.58. The molecule has 1 unspecified atom stereocenters. The topological polar surface area (TPSA) is 58.6 Å². The summed E-state index contributed by atoms with van der Waals surface area (Å²) in [4.78, 5) is 11.1. The Hall–Kier alpha value is -2.33. The molecule has 2 rings (SSSR count). The van der Waals surface area contributed by atoms with Gasteiger partial charge in [-0.1, -0.05) is 55.8 Å².